The van der Waals surface area contributed by atoms with Crippen LogP contribution in [0.15, 0.2) is 36.7 Å². The molecule has 3 aromatic rings. The van der Waals surface area contributed by atoms with Gasteiger partial charge >= 0.3 is 5.97 Å². The lowest BCUT2D eigenvalue weighted by atomic mass is 9.96. The number of hydrogen-bond acceptors (Lipinski definition) is 5. The molecule has 0 saturated carbocycles. The van der Waals surface area contributed by atoms with Gasteiger partial charge in [-0.1, -0.05) is 29.3 Å². The van der Waals surface area contributed by atoms with E-state index in [2.05, 4.69) is 15.3 Å². The van der Waals surface area contributed by atoms with Gasteiger partial charge in [0, 0.05) is 23.7 Å². The fraction of sp³-hybridized carbons (Fsp3) is 0.333. The van der Waals surface area contributed by atoms with Gasteiger partial charge in [-0.3, -0.25) is 4.90 Å². The molecule has 4 rings (SSSR count). The summed E-state index contributed by atoms with van der Waals surface area (Å²) in [7, 11) is 0. The highest BCUT2D eigenvalue weighted by atomic mass is 35.5. The van der Waals surface area contributed by atoms with Crippen molar-refractivity contribution >= 4 is 40.2 Å². The monoisotopic (exact) mass is 448 g/mol. The van der Waals surface area contributed by atoms with Crippen LogP contribution in [-0.2, 0) is 6.54 Å². The van der Waals surface area contributed by atoms with Gasteiger partial charge in [-0.2, -0.15) is 0 Å². The Morgan fingerprint density at radius 3 is 2.73 bits per heavy atom. The second kappa shape index (κ2) is 8.71. The fourth-order valence-corrected chi connectivity index (χ4v) is 4.43. The van der Waals surface area contributed by atoms with Crippen molar-refractivity contribution in [3.05, 3.63) is 57.8 Å². The average molecular weight is 449 g/mol. The highest BCUT2D eigenvalue weighted by molar-refractivity contribution is 6.35. The maximum absolute atomic E-state index is 11.3. The van der Waals surface area contributed by atoms with Crippen LogP contribution in [0.2, 0.25) is 10.0 Å². The van der Waals surface area contributed by atoms with Crippen LogP contribution in [0.4, 0.5) is 0 Å². The Labute approximate surface area is 183 Å². The van der Waals surface area contributed by atoms with Crippen LogP contribution in [-0.4, -0.2) is 50.4 Å². The van der Waals surface area contributed by atoms with Crippen LogP contribution >= 0.6 is 23.2 Å². The molecule has 3 N–H and O–H groups in total. The maximum Gasteiger partial charge on any atom is 0.337 e. The number of aromatic carboxylic acids is 1. The first-order valence-electron chi connectivity index (χ1n) is 9.75. The first-order chi connectivity index (χ1) is 14.4. The van der Waals surface area contributed by atoms with E-state index < -0.39 is 5.97 Å². The first kappa shape index (κ1) is 20.8. The predicted octanol–water partition coefficient (Wildman–Crippen LogP) is 4.20. The molecule has 0 bridgehead atoms. The van der Waals surface area contributed by atoms with E-state index in [1.54, 1.807) is 35.3 Å². The molecule has 2 heterocycles. The molecule has 0 atom stereocenters. The third kappa shape index (κ3) is 4.33. The molecule has 158 valence electrons. The molecule has 0 amide bonds. The third-order valence-electron chi connectivity index (χ3n) is 5.57. The number of fused-ring (bicyclic) bond motifs is 1. The summed E-state index contributed by atoms with van der Waals surface area (Å²) in [5.74, 6) is -0.402. The molecular weight excluding hydrogens is 427 g/mol. The summed E-state index contributed by atoms with van der Waals surface area (Å²) in [6.07, 6.45) is 3.64. The number of phenolic OH excluding ortho intramolecular Hbond substituents is 1. The number of aromatic hydroxyl groups is 1. The Bertz CT molecular complexity index is 1080. The number of carboxylic acids is 1. The Kier molecular flexibility index (Phi) is 6.04. The van der Waals surface area contributed by atoms with Crippen LogP contribution in [0.25, 0.3) is 11.0 Å². The minimum Gasteiger partial charge on any atom is -0.506 e. The number of piperidine rings is 1. The normalized spacial score (nSPS) is 15.5. The van der Waals surface area contributed by atoms with E-state index in [4.69, 9.17) is 23.2 Å². The number of aromatic nitrogens is 2. The zero-order valence-electron chi connectivity index (χ0n) is 16.2. The number of nitrogens with zero attached hydrogens (tertiary/aromatic N) is 3. The summed E-state index contributed by atoms with van der Waals surface area (Å²) >= 11 is 12.1. The maximum atomic E-state index is 11.3. The van der Waals surface area contributed by atoms with Crippen LogP contribution in [0.1, 0.15) is 28.8 Å². The van der Waals surface area contributed by atoms with E-state index in [1.807, 2.05) is 6.07 Å². The Balaban J connectivity index is 1.33. The Morgan fingerprint density at radius 2 is 2.00 bits per heavy atom. The molecule has 0 unspecified atom stereocenters. The molecule has 0 radical (unpaired) electrons. The largest absolute Gasteiger partial charge is 0.506 e. The van der Waals surface area contributed by atoms with Crippen molar-refractivity contribution < 1.29 is 15.0 Å². The van der Waals surface area contributed by atoms with Crippen molar-refractivity contribution in [1.29, 1.82) is 0 Å². The SMILES string of the molecule is O=C(O)c1cccc2c1ncn2NCC1CCN(Cc2cc(Cl)cc(Cl)c2O)CC1. The summed E-state index contributed by atoms with van der Waals surface area (Å²) in [6.45, 7) is 3.19. The topological polar surface area (TPSA) is 90.6 Å². The quantitative estimate of drug-likeness (QED) is 0.523. The van der Waals surface area contributed by atoms with Gasteiger partial charge in [0.2, 0.25) is 0 Å². The number of phenols is 1. The van der Waals surface area contributed by atoms with Crippen molar-refractivity contribution in [1.82, 2.24) is 14.6 Å². The number of imidazole rings is 1. The van der Waals surface area contributed by atoms with Gasteiger partial charge in [0.05, 0.1) is 16.1 Å². The summed E-state index contributed by atoms with van der Waals surface area (Å²) in [4.78, 5) is 17.9. The van der Waals surface area contributed by atoms with E-state index in [-0.39, 0.29) is 16.3 Å². The minimum atomic E-state index is -0.981. The lowest BCUT2D eigenvalue weighted by Crippen LogP contribution is -2.36. The Hall–Kier alpha value is -2.48. The molecule has 1 aromatic heterocycles. The molecule has 1 fully saturated rings. The van der Waals surface area contributed by atoms with E-state index in [9.17, 15) is 15.0 Å². The smallest absolute Gasteiger partial charge is 0.337 e. The van der Waals surface area contributed by atoms with E-state index in [1.165, 1.54) is 0 Å². The summed E-state index contributed by atoms with van der Waals surface area (Å²) in [5, 5.41) is 20.3. The number of carboxylic acid groups (broad SMARTS) is 1. The standard InChI is InChI=1S/C21H22Cl2N4O3/c22-15-8-14(20(28)17(23)9-15)11-26-6-4-13(5-7-26)10-25-27-12-24-19-16(21(29)30)2-1-3-18(19)27/h1-3,8-9,12-13,25,28H,4-7,10-11H2,(H,29,30). The average Bonchev–Trinajstić information content (AvgIpc) is 3.14. The number of likely N-dealkylation sites (tertiary alicyclic amines) is 1. The zero-order valence-corrected chi connectivity index (χ0v) is 17.7. The molecule has 7 nitrogen and oxygen atoms in total. The number of hydrogen-bond donors (Lipinski definition) is 3. The van der Waals surface area contributed by atoms with Crippen molar-refractivity contribution in [2.45, 2.75) is 19.4 Å². The van der Waals surface area contributed by atoms with Crippen LogP contribution in [0, 0.1) is 5.92 Å². The molecule has 1 saturated heterocycles. The number of halogens is 2. The van der Waals surface area contributed by atoms with Gasteiger partial charge in [-0.25, -0.2) is 14.5 Å². The van der Waals surface area contributed by atoms with Gasteiger partial charge in [0.1, 0.15) is 17.6 Å². The van der Waals surface area contributed by atoms with Crippen molar-refractivity contribution in [2.75, 3.05) is 25.1 Å². The minimum absolute atomic E-state index is 0.0950. The van der Waals surface area contributed by atoms with Gasteiger partial charge in [0.25, 0.3) is 0 Å². The van der Waals surface area contributed by atoms with Crippen LogP contribution < -0.4 is 5.43 Å². The zero-order chi connectivity index (χ0) is 21.3. The molecule has 0 spiro atoms. The second-order valence-electron chi connectivity index (χ2n) is 7.57. The molecule has 0 aliphatic carbocycles. The lowest BCUT2D eigenvalue weighted by molar-refractivity contribution is 0.0699. The molecule has 2 aromatic carbocycles. The molecular formula is C21H22Cl2N4O3. The van der Waals surface area contributed by atoms with Crippen LogP contribution in [0.5, 0.6) is 5.75 Å². The first-order valence-corrected chi connectivity index (χ1v) is 10.5. The highest BCUT2D eigenvalue weighted by Crippen LogP contribution is 2.32. The summed E-state index contributed by atoms with van der Waals surface area (Å²) in [6, 6.07) is 8.43. The fourth-order valence-electron chi connectivity index (χ4n) is 3.89. The van der Waals surface area contributed by atoms with Crippen molar-refractivity contribution in [2.24, 2.45) is 5.92 Å². The Morgan fingerprint density at radius 1 is 1.23 bits per heavy atom. The number of rotatable bonds is 6. The van der Waals surface area contributed by atoms with Gasteiger partial charge < -0.3 is 15.6 Å². The predicted molar refractivity (Wildman–Crippen MR) is 117 cm³/mol. The van der Waals surface area contributed by atoms with Gasteiger partial charge in [0.15, 0.2) is 0 Å². The molecule has 30 heavy (non-hydrogen) atoms. The second-order valence-corrected chi connectivity index (χ2v) is 8.41. The summed E-state index contributed by atoms with van der Waals surface area (Å²) < 4.78 is 1.79. The number of para-hydroxylation sites is 1. The van der Waals surface area contributed by atoms with Crippen LogP contribution in [0.3, 0.4) is 0 Å². The molecule has 1 aliphatic heterocycles. The van der Waals surface area contributed by atoms with Crippen molar-refractivity contribution in [3.63, 3.8) is 0 Å². The molecule has 1 aliphatic rings. The van der Waals surface area contributed by atoms with E-state index in [0.717, 1.165) is 43.6 Å². The van der Waals surface area contributed by atoms with Gasteiger partial charge in [-0.05, 0) is 56.1 Å². The highest BCUT2D eigenvalue weighted by Gasteiger charge is 2.21. The van der Waals surface area contributed by atoms with Gasteiger partial charge in [-0.15, -0.1) is 0 Å². The number of nitrogens with one attached hydrogen (secondary N) is 1. The third-order valence-corrected chi connectivity index (χ3v) is 6.07. The molecule has 9 heteroatoms. The number of benzene rings is 2. The van der Waals surface area contributed by atoms with E-state index >= 15 is 0 Å². The lowest BCUT2D eigenvalue weighted by Gasteiger charge is -2.32. The number of carbonyl (C=O) groups is 1. The summed E-state index contributed by atoms with van der Waals surface area (Å²) in [5.41, 5.74) is 5.53. The van der Waals surface area contributed by atoms with E-state index in [0.29, 0.717) is 23.0 Å². The van der Waals surface area contributed by atoms with Crippen molar-refractivity contribution in [3.8, 4) is 5.75 Å².